The molecule has 0 unspecified atom stereocenters. The normalized spacial score (nSPS) is 15.2. The number of nitrogens with one attached hydrogen (secondary N) is 1. The lowest BCUT2D eigenvalue weighted by Crippen LogP contribution is -2.52. The fraction of sp³-hybridized carbons (Fsp3) is 0.579. The lowest BCUT2D eigenvalue weighted by Gasteiger charge is -2.36. The number of piperazine rings is 1. The zero-order chi connectivity index (χ0) is 18.1. The molecule has 1 aliphatic rings. The van der Waals surface area contributed by atoms with Crippen LogP contribution in [-0.4, -0.2) is 75.0 Å². The van der Waals surface area contributed by atoms with Gasteiger partial charge in [0.15, 0.2) is 5.96 Å². The third-order valence-electron chi connectivity index (χ3n) is 4.57. The smallest absolute Gasteiger partial charge is 0.242 e. The molecule has 0 atom stereocenters. The largest absolute Gasteiger partial charge is 0.368 e. The summed E-state index contributed by atoms with van der Waals surface area (Å²) in [6.07, 6.45) is 2.26. The standard InChI is InChI=1S/C19H31N5O/c1-4-5-11-22(3)19(20-2)21-16-18(25)24-14-12-23(13-15-24)17-9-7-6-8-10-17/h6-10H,4-5,11-16H2,1-3H3,(H,20,21). The molecule has 6 nitrogen and oxygen atoms in total. The Morgan fingerprint density at radius 3 is 2.48 bits per heavy atom. The first-order chi connectivity index (χ1) is 12.2. The van der Waals surface area contributed by atoms with Gasteiger partial charge in [0.05, 0.1) is 6.54 Å². The molecule has 0 aromatic heterocycles. The fourth-order valence-corrected chi connectivity index (χ4v) is 3.01. The molecule has 0 bridgehead atoms. The van der Waals surface area contributed by atoms with Crippen molar-refractivity contribution in [2.24, 2.45) is 4.99 Å². The van der Waals surface area contributed by atoms with Crippen LogP contribution in [0.3, 0.4) is 0 Å². The first kappa shape index (κ1) is 19.1. The maximum atomic E-state index is 12.5. The summed E-state index contributed by atoms with van der Waals surface area (Å²) in [5.74, 6) is 0.919. The van der Waals surface area contributed by atoms with E-state index in [1.165, 1.54) is 5.69 Å². The number of aliphatic imine (C=N–C) groups is 1. The van der Waals surface area contributed by atoms with E-state index in [4.69, 9.17) is 0 Å². The highest BCUT2D eigenvalue weighted by Crippen LogP contribution is 2.15. The first-order valence-electron chi connectivity index (χ1n) is 9.15. The van der Waals surface area contributed by atoms with E-state index in [2.05, 4.69) is 51.3 Å². The Kier molecular flexibility index (Phi) is 7.57. The molecule has 138 valence electrons. The second-order valence-corrected chi connectivity index (χ2v) is 6.38. The van der Waals surface area contributed by atoms with Crippen molar-refractivity contribution in [3.8, 4) is 0 Å². The maximum absolute atomic E-state index is 12.5. The molecule has 1 heterocycles. The van der Waals surface area contributed by atoms with Crippen LogP contribution in [0.4, 0.5) is 5.69 Å². The number of rotatable bonds is 6. The van der Waals surface area contributed by atoms with E-state index in [1.807, 2.05) is 18.0 Å². The number of amides is 1. The summed E-state index contributed by atoms with van der Waals surface area (Å²) >= 11 is 0. The van der Waals surface area contributed by atoms with E-state index < -0.39 is 0 Å². The number of carbonyl (C=O) groups is 1. The van der Waals surface area contributed by atoms with Gasteiger partial charge in [0.1, 0.15) is 0 Å². The summed E-state index contributed by atoms with van der Waals surface area (Å²) in [5.41, 5.74) is 1.23. The Bertz CT molecular complexity index is 552. The van der Waals surface area contributed by atoms with Crippen LogP contribution in [0, 0.1) is 0 Å². The van der Waals surface area contributed by atoms with Crippen molar-refractivity contribution < 1.29 is 4.79 Å². The van der Waals surface area contributed by atoms with Gasteiger partial charge in [0.2, 0.25) is 5.91 Å². The number of nitrogens with zero attached hydrogens (tertiary/aromatic N) is 4. The molecular weight excluding hydrogens is 314 g/mol. The number of unbranched alkanes of at least 4 members (excludes halogenated alkanes) is 1. The molecule has 1 fully saturated rings. The predicted octanol–water partition coefficient (Wildman–Crippen LogP) is 1.64. The Hall–Kier alpha value is -2.24. The molecule has 1 N–H and O–H groups in total. The van der Waals surface area contributed by atoms with Crippen molar-refractivity contribution in [1.82, 2.24) is 15.1 Å². The summed E-state index contributed by atoms with van der Waals surface area (Å²) in [4.78, 5) is 23.1. The number of anilines is 1. The third-order valence-corrected chi connectivity index (χ3v) is 4.57. The minimum atomic E-state index is 0.137. The van der Waals surface area contributed by atoms with Crippen LogP contribution in [0.2, 0.25) is 0 Å². The van der Waals surface area contributed by atoms with Gasteiger partial charge in [-0.3, -0.25) is 9.79 Å². The number of para-hydroxylation sites is 1. The van der Waals surface area contributed by atoms with Gasteiger partial charge in [-0.2, -0.15) is 0 Å². The SMILES string of the molecule is CCCCN(C)C(=NC)NCC(=O)N1CCN(c2ccccc2)CC1. The molecule has 2 rings (SSSR count). The topological polar surface area (TPSA) is 51.2 Å². The van der Waals surface area contributed by atoms with Crippen molar-refractivity contribution >= 4 is 17.6 Å². The van der Waals surface area contributed by atoms with E-state index in [0.29, 0.717) is 6.54 Å². The quantitative estimate of drug-likeness (QED) is 0.629. The monoisotopic (exact) mass is 345 g/mol. The number of carbonyl (C=O) groups excluding carboxylic acids is 1. The Morgan fingerprint density at radius 2 is 1.88 bits per heavy atom. The highest BCUT2D eigenvalue weighted by Gasteiger charge is 2.21. The molecule has 25 heavy (non-hydrogen) atoms. The van der Waals surface area contributed by atoms with Crippen LogP contribution in [0.25, 0.3) is 0 Å². The summed E-state index contributed by atoms with van der Waals surface area (Å²) < 4.78 is 0. The number of hydrogen-bond acceptors (Lipinski definition) is 3. The summed E-state index contributed by atoms with van der Waals surface area (Å²) in [6, 6.07) is 10.4. The maximum Gasteiger partial charge on any atom is 0.242 e. The van der Waals surface area contributed by atoms with Crippen molar-refractivity contribution in [2.75, 3.05) is 58.3 Å². The fourth-order valence-electron chi connectivity index (χ4n) is 3.01. The average Bonchev–Trinajstić information content (AvgIpc) is 2.67. The van der Waals surface area contributed by atoms with Crippen LogP contribution in [-0.2, 0) is 4.79 Å². The lowest BCUT2D eigenvalue weighted by molar-refractivity contribution is -0.130. The van der Waals surface area contributed by atoms with Gasteiger partial charge >= 0.3 is 0 Å². The lowest BCUT2D eigenvalue weighted by atomic mass is 10.2. The summed E-state index contributed by atoms with van der Waals surface area (Å²) in [5, 5.41) is 3.19. The number of guanidine groups is 1. The van der Waals surface area contributed by atoms with Crippen molar-refractivity contribution in [2.45, 2.75) is 19.8 Å². The average molecular weight is 345 g/mol. The van der Waals surface area contributed by atoms with Gasteiger partial charge in [0, 0.05) is 52.5 Å². The Labute approximate surface area is 151 Å². The predicted molar refractivity (Wildman–Crippen MR) is 104 cm³/mol. The van der Waals surface area contributed by atoms with E-state index in [-0.39, 0.29) is 5.91 Å². The van der Waals surface area contributed by atoms with Gasteiger partial charge < -0.3 is 20.0 Å². The van der Waals surface area contributed by atoms with E-state index in [1.54, 1.807) is 7.05 Å². The number of benzene rings is 1. The minimum absolute atomic E-state index is 0.137. The van der Waals surface area contributed by atoms with Crippen LogP contribution in [0.15, 0.2) is 35.3 Å². The van der Waals surface area contributed by atoms with Gasteiger partial charge in [0.25, 0.3) is 0 Å². The zero-order valence-corrected chi connectivity index (χ0v) is 15.7. The van der Waals surface area contributed by atoms with Gasteiger partial charge in [-0.15, -0.1) is 0 Å². The molecule has 0 aliphatic carbocycles. The second kappa shape index (κ2) is 9.91. The Balaban J connectivity index is 1.76. The Morgan fingerprint density at radius 1 is 1.20 bits per heavy atom. The molecule has 0 radical (unpaired) electrons. The van der Waals surface area contributed by atoms with Crippen molar-refractivity contribution in [3.05, 3.63) is 30.3 Å². The van der Waals surface area contributed by atoms with Gasteiger partial charge in [-0.25, -0.2) is 0 Å². The molecule has 1 aliphatic heterocycles. The second-order valence-electron chi connectivity index (χ2n) is 6.38. The molecule has 0 saturated carbocycles. The highest BCUT2D eigenvalue weighted by molar-refractivity contribution is 5.86. The van der Waals surface area contributed by atoms with Crippen molar-refractivity contribution in [1.29, 1.82) is 0 Å². The summed E-state index contributed by atoms with van der Waals surface area (Å²) in [6.45, 7) is 6.69. The van der Waals surface area contributed by atoms with Crippen LogP contribution in [0.1, 0.15) is 19.8 Å². The van der Waals surface area contributed by atoms with Crippen molar-refractivity contribution in [3.63, 3.8) is 0 Å². The van der Waals surface area contributed by atoms with Crippen LogP contribution in [0.5, 0.6) is 0 Å². The molecular formula is C19H31N5O. The number of hydrogen-bond donors (Lipinski definition) is 1. The van der Waals surface area contributed by atoms with Gasteiger partial charge in [-0.1, -0.05) is 31.5 Å². The highest BCUT2D eigenvalue weighted by atomic mass is 16.2. The van der Waals surface area contributed by atoms with Gasteiger partial charge in [-0.05, 0) is 18.6 Å². The van der Waals surface area contributed by atoms with Crippen LogP contribution >= 0.6 is 0 Å². The molecule has 6 heteroatoms. The molecule has 1 amide bonds. The van der Waals surface area contributed by atoms with E-state index >= 15 is 0 Å². The zero-order valence-electron chi connectivity index (χ0n) is 15.7. The molecule has 1 aromatic rings. The molecule has 0 spiro atoms. The molecule has 1 aromatic carbocycles. The minimum Gasteiger partial charge on any atom is -0.368 e. The first-order valence-corrected chi connectivity index (χ1v) is 9.15. The van der Waals surface area contributed by atoms with E-state index in [9.17, 15) is 4.79 Å². The van der Waals surface area contributed by atoms with E-state index in [0.717, 1.165) is 51.5 Å². The summed E-state index contributed by atoms with van der Waals surface area (Å²) in [7, 11) is 3.77. The molecule has 1 saturated heterocycles. The van der Waals surface area contributed by atoms with Crippen LogP contribution < -0.4 is 10.2 Å². The third kappa shape index (κ3) is 5.66.